The van der Waals surface area contributed by atoms with Gasteiger partial charge in [-0.05, 0) is 59.9 Å². The number of nitriles is 1. The molecule has 0 saturated carbocycles. The molecule has 2 aromatic carbocycles. The third-order valence-electron chi connectivity index (χ3n) is 6.89. The quantitative estimate of drug-likeness (QED) is 0.540. The SMILES string of the molecule is N#C[C@@H]1CC(F)(F)CN1C(=O)CNC(=O)c1ccnc2ccc(-c3ccc4c(c3)CCCN4C(=O)O)cc12. The third-order valence-corrected chi connectivity index (χ3v) is 6.89. The normalized spacial score (nSPS) is 18.1. The summed E-state index contributed by atoms with van der Waals surface area (Å²) in [6.45, 7) is -0.935. The van der Waals surface area contributed by atoms with Crippen LogP contribution in [0.5, 0.6) is 0 Å². The fourth-order valence-corrected chi connectivity index (χ4v) is 5.05. The van der Waals surface area contributed by atoms with Gasteiger partial charge in [-0.1, -0.05) is 12.1 Å². The van der Waals surface area contributed by atoms with Crippen molar-refractivity contribution >= 4 is 34.5 Å². The van der Waals surface area contributed by atoms with Gasteiger partial charge in [-0.25, -0.2) is 13.6 Å². The summed E-state index contributed by atoms with van der Waals surface area (Å²) in [6.07, 6.45) is 1.21. The Balaban J connectivity index is 1.38. The number of pyridine rings is 1. The molecule has 0 spiro atoms. The van der Waals surface area contributed by atoms with Crippen molar-refractivity contribution in [2.75, 3.05) is 24.5 Å². The van der Waals surface area contributed by atoms with Crippen molar-refractivity contribution in [2.45, 2.75) is 31.2 Å². The van der Waals surface area contributed by atoms with Crippen molar-refractivity contribution in [3.8, 4) is 17.2 Å². The summed E-state index contributed by atoms with van der Waals surface area (Å²) in [4.78, 5) is 43.5. The number of carbonyl (C=O) groups is 3. The van der Waals surface area contributed by atoms with E-state index < -0.39 is 49.4 Å². The number of carboxylic acid groups (broad SMARTS) is 1. The fraction of sp³-hybridized carbons (Fsp3) is 0.296. The molecule has 1 saturated heterocycles. The van der Waals surface area contributed by atoms with Gasteiger partial charge in [0.25, 0.3) is 11.8 Å². The number of hydrogen-bond acceptors (Lipinski definition) is 5. The molecule has 3 amide bonds. The Bertz CT molecular complexity index is 1500. The number of rotatable bonds is 4. The van der Waals surface area contributed by atoms with Crippen molar-refractivity contribution in [1.29, 1.82) is 5.26 Å². The average molecular weight is 520 g/mol. The molecule has 0 unspecified atom stereocenters. The van der Waals surface area contributed by atoms with Crippen molar-refractivity contribution in [3.05, 3.63) is 59.8 Å². The molecule has 0 aliphatic carbocycles. The second kappa shape index (κ2) is 9.70. The maximum atomic E-state index is 13.7. The van der Waals surface area contributed by atoms with Gasteiger partial charge in [0.15, 0.2) is 0 Å². The molecule has 0 radical (unpaired) electrons. The molecular formula is C27H23F2N5O4. The number of carbonyl (C=O) groups excluding carboxylic acids is 2. The van der Waals surface area contributed by atoms with E-state index in [1.165, 1.54) is 17.2 Å². The van der Waals surface area contributed by atoms with Crippen molar-refractivity contribution < 1.29 is 28.3 Å². The Morgan fingerprint density at radius 3 is 2.68 bits per heavy atom. The topological polar surface area (TPSA) is 127 Å². The molecule has 2 aliphatic rings. The van der Waals surface area contributed by atoms with Crippen molar-refractivity contribution in [3.63, 3.8) is 0 Å². The summed E-state index contributed by atoms with van der Waals surface area (Å²) in [5.74, 6) is -4.48. The second-order valence-electron chi connectivity index (χ2n) is 9.38. The first-order valence-electron chi connectivity index (χ1n) is 12.0. The Kier molecular flexibility index (Phi) is 6.40. The zero-order valence-corrected chi connectivity index (χ0v) is 20.2. The maximum absolute atomic E-state index is 13.7. The van der Waals surface area contributed by atoms with Crippen molar-refractivity contribution in [2.24, 2.45) is 0 Å². The average Bonchev–Trinajstić information content (AvgIpc) is 3.24. The van der Waals surface area contributed by atoms with Gasteiger partial charge >= 0.3 is 6.09 Å². The second-order valence-corrected chi connectivity index (χ2v) is 9.38. The summed E-state index contributed by atoms with van der Waals surface area (Å²) in [5, 5.41) is 21.6. The van der Waals surface area contributed by atoms with Gasteiger partial charge in [-0.2, -0.15) is 5.26 Å². The van der Waals surface area contributed by atoms with Gasteiger partial charge in [-0.3, -0.25) is 19.5 Å². The molecule has 3 heterocycles. The zero-order chi connectivity index (χ0) is 27.0. The van der Waals surface area contributed by atoms with Crippen LogP contribution in [0.25, 0.3) is 22.0 Å². The Hall–Kier alpha value is -4.59. The molecule has 38 heavy (non-hydrogen) atoms. The number of hydrogen-bond donors (Lipinski definition) is 2. The lowest BCUT2D eigenvalue weighted by molar-refractivity contribution is -0.131. The number of aryl methyl sites for hydroxylation is 1. The number of anilines is 1. The van der Waals surface area contributed by atoms with Crippen LogP contribution in [0.1, 0.15) is 28.8 Å². The van der Waals surface area contributed by atoms with Crippen LogP contribution >= 0.6 is 0 Å². The Morgan fingerprint density at radius 2 is 1.92 bits per heavy atom. The summed E-state index contributed by atoms with van der Waals surface area (Å²) >= 11 is 0. The molecule has 5 rings (SSSR count). The first-order chi connectivity index (χ1) is 18.2. The highest BCUT2D eigenvalue weighted by molar-refractivity contribution is 6.07. The van der Waals surface area contributed by atoms with Crippen LogP contribution in [-0.2, 0) is 11.2 Å². The van der Waals surface area contributed by atoms with Gasteiger partial charge in [-0.15, -0.1) is 0 Å². The fourth-order valence-electron chi connectivity index (χ4n) is 5.05. The van der Waals surface area contributed by atoms with Crippen LogP contribution in [-0.4, -0.2) is 64.5 Å². The van der Waals surface area contributed by atoms with Gasteiger partial charge in [0, 0.05) is 24.5 Å². The van der Waals surface area contributed by atoms with E-state index in [1.54, 1.807) is 24.3 Å². The molecule has 1 aromatic heterocycles. The number of halogens is 2. The lowest BCUT2D eigenvalue weighted by Gasteiger charge is -2.27. The van der Waals surface area contributed by atoms with Crippen LogP contribution in [0.3, 0.4) is 0 Å². The molecule has 1 atom stereocenters. The van der Waals surface area contributed by atoms with Gasteiger partial charge in [0.1, 0.15) is 6.04 Å². The molecule has 2 N–H and O–H groups in total. The number of likely N-dealkylation sites (tertiary alicyclic amines) is 1. The van der Waals surface area contributed by atoms with Crippen LogP contribution < -0.4 is 10.2 Å². The highest BCUT2D eigenvalue weighted by Crippen LogP contribution is 2.34. The Labute approximate surface area is 216 Å². The van der Waals surface area contributed by atoms with Gasteiger partial charge in [0.2, 0.25) is 5.91 Å². The minimum Gasteiger partial charge on any atom is -0.465 e. The third kappa shape index (κ3) is 4.72. The summed E-state index contributed by atoms with van der Waals surface area (Å²) in [5.41, 5.74) is 4.02. The molecular weight excluding hydrogens is 496 g/mol. The number of aromatic nitrogens is 1. The first kappa shape index (κ1) is 25.1. The Morgan fingerprint density at radius 1 is 1.16 bits per heavy atom. The first-order valence-corrected chi connectivity index (χ1v) is 12.0. The van der Waals surface area contributed by atoms with E-state index in [9.17, 15) is 28.3 Å². The minimum absolute atomic E-state index is 0.253. The van der Waals surface area contributed by atoms with E-state index in [0.29, 0.717) is 23.1 Å². The summed E-state index contributed by atoms with van der Waals surface area (Å²) in [6, 6.07) is 12.9. The number of benzene rings is 2. The smallest absolute Gasteiger partial charge is 0.411 e. The predicted molar refractivity (Wildman–Crippen MR) is 134 cm³/mol. The standard InChI is InChI=1S/C27H23F2N5O4/c28-27(29)12-19(13-30)34(15-27)24(35)14-32-25(36)20-7-8-31-22-5-3-17(11-21(20)22)16-4-6-23-18(10-16)2-1-9-33(23)26(37)38/h3-8,10-11,19H,1-2,9,12,14-15H2,(H,32,36)(H,37,38)/t19-/m0/s1. The lowest BCUT2D eigenvalue weighted by Crippen LogP contribution is -2.43. The van der Waals surface area contributed by atoms with E-state index in [1.807, 2.05) is 18.2 Å². The molecule has 1 fully saturated rings. The molecule has 9 nitrogen and oxygen atoms in total. The zero-order valence-electron chi connectivity index (χ0n) is 20.2. The molecule has 194 valence electrons. The number of alkyl halides is 2. The van der Waals surface area contributed by atoms with Crippen LogP contribution in [0.15, 0.2) is 48.7 Å². The van der Waals surface area contributed by atoms with E-state index >= 15 is 0 Å². The molecule has 11 heteroatoms. The number of fused-ring (bicyclic) bond motifs is 2. The van der Waals surface area contributed by atoms with E-state index in [4.69, 9.17) is 5.26 Å². The minimum atomic E-state index is -3.14. The molecule has 2 aliphatic heterocycles. The number of nitrogens with zero attached hydrogens (tertiary/aromatic N) is 4. The molecule has 3 aromatic rings. The van der Waals surface area contributed by atoms with Crippen LogP contribution in [0.2, 0.25) is 0 Å². The van der Waals surface area contributed by atoms with Crippen LogP contribution in [0, 0.1) is 11.3 Å². The maximum Gasteiger partial charge on any atom is 0.411 e. The van der Waals surface area contributed by atoms with E-state index in [-0.39, 0.29) is 5.56 Å². The highest BCUT2D eigenvalue weighted by Gasteiger charge is 2.47. The number of nitrogens with one attached hydrogen (secondary N) is 1. The molecule has 0 bridgehead atoms. The summed E-state index contributed by atoms with van der Waals surface area (Å²) in [7, 11) is 0. The monoisotopic (exact) mass is 519 g/mol. The van der Waals surface area contributed by atoms with Crippen molar-refractivity contribution in [1.82, 2.24) is 15.2 Å². The lowest BCUT2D eigenvalue weighted by atomic mass is 9.95. The largest absolute Gasteiger partial charge is 0.465 e. The van der Waals surface area contributed by atoms with E-state index in [2.05, 4.69) is 10.3 Å². The van der Waals surface area contributed by atoms with Gasteiger partial charge in [0.05, 0.1) is 35.9 Å². The van der Waals surface area contributed by atoms with Crippen LogP contribution in [0.4, 0.5) is 19.3 Å². The number of amides is 3. The highest BCUT2D eigenvalue weighted by atomic mass is 19.3. The van der Waals surface area contributed by atoms with E-state index in [0.717, 1.165) is 34.4 Å². The summed E-state index contributed by atoms with van der Waals surface area (Å²) < 4.78 is 27.4. The predicted octanol–water partition coefficient (Wildman–Crippen LogP) is 3.82. The van der Waals surface area contributed by atoms with Gasteiger partial charge < -0.3 is 15.3 Å².